The van der Waals surface area contributed by atoms with Gasteiger partial charge in [0, 0.05) is 11.1 Å². The predicted octanol–water partition coefficient (Wildman–Crippen LogP) is 8.45. The molecule has 0 aliphatic carbocycles. The molecule has 2 nitrogen and oxygen atoms in total. The van der Waals surface area contributed by atoms with Crippen molar-refractivity contribution in [2.24, 2.45) is 0 Å². The smallest absolute Gasteiger partial charge is 0.167 e. The van der Waals surface area contributed by atoms with Gasteiger partial charge in [-0.25, -0.2) is 13.2 Å². The summed E-state index contributed by atoms with van der Waals surface area (Å²) < 4.78 is 54.8. The number of hydrogen-bond donors (Lipinski definition) is 0. The predicted molar refractivity (Wildman–Crippen MR) is 134 cm³/mol. The maximum atomic E-state index is 15.0. The summed E-state index contributed by atoms with van der Waals surface area (Å²) in [6.07, 6.45) is 3.86. The lowest BCUT2D eigenvalue weighted by Crippen LogP contribution is -1.99. The van der Waals surface area contributed by atoms with E-state index in [-0.39, 0.29) is 23.5 Å². The van der Waals surface area contributed by atoms with Crippen LogP contribution in [-0.2, 0) is 6.61 Å². The molecule has 4 rings (SSSR count). The third-order valence-electron chi connectivity index (χ3n) is 5.53. The third kappa shape index (κ3) is 5.57. The molecule has 0 unspecified atom stereocenters. The van der Waals surface area contributed by atoms with Crippen LogP contribution in [0.4, 0.5) is 13.2 Å². The first-order chi connectivity index (χ1) is 17.0. The van der Waals surface area contributed by atoms with Crippen molar-refractivity contribution < 1.29 is 22.6 Å². The number of allylic oxidation sites excluding steroid dienone is 1. The Hall–Kier alpha value is -3.99. The van der Waals surface area contributed by atoms with E-state index in [0.29, 0.717) is 29.0 Å². The Morgan fingerprint density at radius 3 is 1.86 bits per heavy atom. The average Bonchev–Trinajstić information content (AvgIpc) is 2.87. The summed E-state index contributed by atoms with van der Waals surface area (Å²) in [5.41, 5.74) is 3.14. The van der Waals surface area contributed by atoms with Crippen molar-refractivity contribution in [2.45, 2.75) is 20.5 Å². The van der Waals surface area contributed by atoms with Crippen LogP contribution >= 0.6 is 0 Å². The molecule has 0 atom stereocenters. The van der Waals surface area contributed by atoms with Gasteiger partial charge in [-0.1, -0.05) is 66.7 Å². The Bertz CT molecular complexity index is 1330. The van der Waals surface area contributed by atoms with E-state index in [2.05, 4.69) is 0 Å². The van der Waals surface area contributed by atoms with Crippen molar-refractivity contribution in [3.8, 4) is 33.8 Å². The van der Waals surface area contributed by atoms with Gasteiger partial charge in [-0.3, -0.25) is 0 Å². The summed E-state index contributed by atoms with van der Waals surface area (Å²) in [4.78, 5) is 0. The van der Waals surface area contributed by atoms with Crippen LogP contribution in [0.25, 0.3) is 28.3 Å². The van der Waals surface area contributed by atoms with Gasteiger partial charge in [-0.05, 0) is 60.4 Å². The topological polar surface area (TPSA) is 18.5 Å². The molecule has 0 saturated heterocycles. The van der Waals surface area contributed by atoms with Crippen LogP contribution in [0, 0.1) is 17.5 Å². The number of rotatable bonds is 8. The van der Waals surface area contributed by atoms with E-state index < -0.39 is 17.5 Å². The fourth-order valence-corrected chi connectivity index (χ4v) is 3.77. The van der Waals surface area contributed by atoms with Crippen LogP contribution < -0.4 is 9.47 Å². The van der Waals surface area contributed by atoms with Crippen molar-refractivity contribution >= 4 is 6.08 Å². The molecule has 0 heterocycles. The first kappa shape index (κ1) is 24.1. The van der Waals surface area contributed by atoms with Crippen molar-refractivity contribution in [3.05, 3.63) is 114 Å². The highest BCUT2D eigenvalue weighted by Crippen LogP contribution is 2.32. The van der Waals surface area contributed by atoms with Crippen LogP contribution in [-0.4, -0.2) is 6.61 Å². The van der Waals surface area contributed by atoms with Gasteiger partial charge < -0.3 is 9.47 Å². The van der Waals surface area contributed by atoms with Gasteiger partial charge in [0.15, 0.2) is 23.2 Å². The monoisotopic (exact) mass is 474 g/mol. The number of ether oxygens (including phenoxy) is 2. The Kier molecular flexibility index (Phi) is 7.56. The van der Waals surface area contributed by atoms with Crippen molar-refractivity contribution in [2.75, 3.05) is 6.61 Å². The summed E-state index contributed by atoms with van der Waals surface area (Å²) in [6, 6.07) is 21.8. The third-order valence-corrected chi connectivity index (χ3v) is 5.53. The number of halogens is 3. The molecule has 0 saturated carbocycles. The molecule has 35 heavy (non-hydrogen) atoms. The van der Waals surface area contributed by atoms with Gasteiger partial charge in [0.25, 0.3) is 0 Å². The van der Waals surface area contributed by atoms with E-state index in [0.717, 1.165) is 5.56 Å². The van der Waals surface area contributed by atoms with Crippen LogP contribution in [0.3, 0.4) is 0 Å². The van der Waals surface area contributed by atoms with Crippen LogP contribution in [0.5, 0.6) is 11.5 Å². The lowest BCUT2D eigenvalue weighted by molar-refractivity contribution is 0.302. The minimum absolute atomic E-state index is 0.160. The first-order valence-corrected chi connectivity index (χ1v) is 11.4. The van der Waals surface area contributed by atoms with E-state index in [1.165, 1.54) is 6.07 Å². The Morgan fingerprint density at radius 2 is 1.31 bits per heavy atom. The van der Waals surface area contributed by atoms with Crippen molar-refractivity contribution in [1.29, 1.82) is 0 Å². The second kappa shape index (κ2) is 11.0. The zero-order valence-corrected chi connectivity index (χ0v) is 19.5. The molecule has 0 aliphatic rings. The Labute approximate surface area is 203 Å². The minimum Gasteiger partial charge on any atom is -0.491 e. The number of hydrogen-bond acceptors (Lipinski definition) is 2. The molecule has 5 heteroatoms. The minimum atomic E-state index is -0.904. The van der Waals surface area contributed by atoms with Gasteiger partial charge in [0.2, 0.25) is 0 Å². The molecule has 0 aliphatic heterocycles. The Balaban J connectivity index is 1.48. The first-order valence-electron chi connectivity index (χ1n) is 11.4. The molecule has 0 bridgehead atoms. The van der Waals surface area contributed by atoms with Crippen molar-refractivity contribution in [3.63, 3.8) is 0 Å². The lowest BCUT2D eigenvalue weighted by Gasteiger charge is -2.11. The second-order valence-electron chi connectivity index (χ2n) is 7.92. The quantitative estimate of drug-likeness (QED) is 0.255. The van der Waals surface area contributed by atoms with Gasteiger partial charge in [0.05, 0.1) is 6.61 Å². The molecular weight excluding hydrogens is 449 g/mol. The van der Waals surface area contributed by atoms with Crippen LogP contribution in [0.1, 0.15) is 25.0 Å². The van der Waals surface area contributed by atoms with E-state index >= 15 is 0 Å². The van der Waals surface area contributed by atoms with E-state index in [1.54, 1.807) is 67.6 Å². The maximum absolute atomic E-state index is 15.0. The molecule has 0 fully saturated rings. The molecule has 4 aromatic rings. The highest BCUT2D eigenvalue weighted by molar-refractivity contribution is 5.72. The summed E-state index contributed by atoms with van der Waals surface area (Å²) >= 11 is 0. The van der Waals surface area contributed by atoms with Gasteiger partial charge in [0.1, 0.15) is 12.4 Å². The zero-order chi connectivity index (χ0) is 24.8. The fraction of sp³-hybridized carbons (Fsp3) is 0.133. The largest absolute Gasteiger partial charge is 0.491 e. The molecule has 0 N–H and O–H groups in total. The Morgan fingerprint density at radius 1 is 0.714 bits per heavy atom. The summed E-state index contributed by atoms with van der Waals surface area (Å²) in [5, 5.41) is 0. The molecular formula is C30H25F3O2. The van der Waals surface area contributed by atoms with Crippen LogP contribution in [0.2, 0.25) is 0 Å². The molecule has 0 radical (unpaired) electrons. The van der Waals surface area contributed by atoms with E-state index in [1.807, 2.05) is 31.2 Å². The normalized spacial score (nSPS) is 11.1. The second-order valence-corrected chi connectivity index (χ2v) is 7.92. The summed E-state index contributed by atoms with van der Waals surface area (Å²) in [7, 11) is 0. The molecule has 178 valence electrons. The van der Waals surface area contributed by atoms with Crippen molar-refractivity contribution in [1.82, 2.24) is 0 Å². The maximum Gasteiger partial charge on any atom is 0.167 e. The SMILES string of the molecule is C/C=C/c1ccc(-c2ccc(-c3ccc(OCc4ccc(OCC)c(F)c4)cc3)c(F)c2F)cc1. The highest BCUT2D eigenvalue weighted by Gasteiger charge is 2.16. The van der Waals surface area contributed by atoms with E-state index in [4.69, 9.17) is 9.47 Å². The highest BCUT2D eigenvalue weighted by atomic mass is 19.2. The molecule has 0 aromatic heterocycles. The van der Waals surface area contributed by atoms with Gasteiger partial charge >= 0.3 is 0 Å². The fourth-order valence-electron chi connectivity index (χ4n) is 3.77. The molecule has 0 spiro atoms. The van der Waals surface area contributed by atoms with Gasteiger partial charge in [-0.15, -0.1) is 0 Å². The summed E-state index contributed by atoms with van der Waals surface area (Å²) in [6.45, 7) is 4.26. The number of benzene rings is 4. The zero-order valence-electron chi connectivity index (χ0n) is 19.5. The van der Waals surface area contributed by atoms with E-state index in [9.17, 15) is 13.2 Å². The van der Waals surface area contributed by atoms with Gasteiger partial charge in [-0.2, -0.15) is 0 Å². The summed E-state index contributed by atoms with van der Waals surface area (Å²) in [5.74, 6) is -1.51. The molecule has 4 aromatic carbocycles. The lowest BCUT2D eigenvalue weighted by atomic mass is 9.98. The average molecular weight is 475 g/mol. The standard InChI is InChI=1S/C30H25F3O2/c1-3-5-20-6-9-22(10-7-20)25-15-16-26(30(33)29(25)32)23-11-13-24(14-12-23)35-19-21-8-17-28(34-4-2)27(31)18-21/h3,5-18H,4,19H2,1-2H3/b5-3+. The molecule has 0 amide bonds. The van der Waals surface area contributed by atoms with Crippen LogP contribution in [0.15, 0.2) is 84.9 Å².